The van der Waals surface area contributed by atoms with Gasteiger partial charge in [-0.1, -0.05) is 35.9 Å². The van der Waals surface area contributed by atoms with Crippen molar-refractivity contribution in [3.63, 3.8) is 0 Å². The van der Waals surface area contributed by atoms with Gasteiger partial charge in [0.2, 0.25) is 5.91 Å². The third-order valence-corrected chi connectivity index (χ3v) is 4.28. The molecule has 4 heteroatoms. The average Bonchev–Trinajstić information content (AvgIpc) is 2.61. The van der Waals surface area contributed by atoms with Gasteiger partial charge < -0.3 is 4.90 Å². The van der Waals surface area contributed by atoms with E-state index in [1.165, 1.54) is 11.1 Å². The minimum absolute atomic E-state index is 0.0778. The molecule has 1 aromatic carbocycles. The summed E-state index contributed by atoms with van der Waals surface area (Å²) in [5.74, 6) is 0.0778. The lowest BCUT2D eigenvalue weighted by Crippen LogP contribution is -2.47. The monoisotopic (exact) mass is 321 g/mol. The maximum atomic E-state index is 12.3. The molecule has 124 valence electrons. The number of aromatic nitrogens is 1. The summed E-state index contributed by atoms with van der Waals surface area (Å²) in [5.41, 5.74) is 3.58. The number of hydrogen-bond donors (Lipinski definition) is 0. The number of nitrogens with zero attached hydrogens (tertiary/aromatic N) is 3. The zero-order valence-electron chi connectivity index (χ0n) is 14.1. The van der Waals surface area contributed by atoms with Crippen molar-refractivity contribution in [2.24, 2.45) is 0 Å². The second-order valence-electron chi connectivity index (χ2n) is 6.21. The van der Waals surface area contributed by atoms with Crippen molar-refractivity contribution in [2.75, 3.05) is 26.2 Å². The highest BCUT2D eigenvalue weighted by Crippen LogP contribution is 2.11. The van der Waals surface area contributed by atoms with Gasteiger partial charge in [0, 0.05) is 51.2 Å². The van der Waals surface area contributed by atoms with E-state index in [4.69, 9.17) is 0 Å². The Bertz CT molecular complexity index is 704. The molecule has 0 saturated carbocycles. The molecule has 2 heterocycles. The van der Waals surface area contributed by atoms with Crippen LogP contribution in [0.1, 0.15) is 16.7 Å². The molecule has 1 aliphatic heterocycles. The lowest BCUT2D eigenvalue weighted by Gasteiger charge is -2.34. The Kier molecular flexibility index (Phi) is 5.39. The van der Waals surface area contributed by atoms with E-state index in [0.29, 0.717) is 0 Å². The Morgan fingerprint density at radius 1 is 1.17 bits per heavy atom. The molecular weight excluding hydrogens is 298 g/mol. The molecule has 24 heavy (non-hydrogen) atoms. The number of piperazine rings is 1. The summed E-state index contributed by atoms with van der Waals surface area (Å²) in [6.45, 7) is 6.47. The van der Waals surface area contributed by atoms with E-state index in [2.05, 4.69) is 41.1 Å². The number of benzene rings is 1. The van der Waals surface area contributed by atoms with E-state index in [1.807, 2.05) is 23.1 Å². The molecule has 0 atom stereocenters. The van der Waals surface area contributed by atoms with Crippen LogP contribution >= 0.6 is 0 Å². The fourth-order valence-electron chi connectivity index (χ4n) is 2.94. The van der Waals surface area contributed by atoms with Crippen LogP contribution in [0.25, 0.3) is 6.08 Å². The van der Waals surface area contributed by atoms with Crippen LogP contribution in [-0.4, -0.2) is 46.9 Å². The van der Waals surface area contributed by atoms with Gasteiger partial charge in [-0.15, -0.1) is 0 Å². The van der Waals surface area contributed by atoms with Crippen molar-refractivity contribution in [3.05, 3.63) is 71.6 Å². The van der Waals surface area contributed by atoms with Crippen molar-refractivity contribution in [2.45, 2.75) is 13.5 Å². The van der Waals surface area contributed by atoms with Crippen LogP contribution in [-0.2, 0) is 11.3 Å². The molecule has 0 radical (unpaired) electrons. The molecule has 2 aromatic rings. The summed E-state index contributed by atoms with van der Waals surface area (Å²) in [6, 6.07) is 12.4. The van der Waals surface area contributed by atoms with Gasteiger partial charge in [0.05, 0.1) is 0 Å². The third kappa shape index (κ3) is 4.52. The molecule has 1 aliphatic rings. The molecule has 1 aromatic heterocycles. The van der Waals surface area contributed by atoms with Crippen LogP contribution in [0.4, 0.5) is 0 Å². The molecular formula is C20H23N3O. The van der Waals surface area contributed by atoms with Gasteiger partial charge in [-0.05, 0) is 30.2 Å². The van der Waals surface area contributed by atoms with Crippen molar-refractivity contribution < 1.29 is 4.79 Å². The summed E-state index contributed by atoms with van der Waals surface area (Å²) in [5, 5.41) is 0. The maximum Gasteiger partial charge on any atom is 0.246 e. The van der Waals surface area contributed by atoms with Gasteiger partial charge in [-0.25, -0.2) is 0 Å². The van der Waals surface area contributed by atoms with Gasteiger partial charge in [0.25, 0.3) is 0 Å². The number of amides is 1. The quantitative estimate of drug-likeness (QED) is 0.813. The fraction of sp³-hybridized carbons (Fsp3) is 0.300. The highest BCUT2D eigenvalue weighted by molar-refractivity contribution is 5.91. The number of carbonyl (C=O) groups excluding carboxylic acids is 1. The van der Waals surface area contributed by atoms with E-state index in [1.54, 1.807) is 18.5 Å². The zero-order chi connectivity index (χ0) is 16.8. The Morgan fingerprint density at radius 3 is 2.71 bits per heavy atom. The topological polar surface area (TPSA) is 36.4 Å². The second kappa shape index (κ2) is 7.88. The Balaban J connectivity index is 1.49. The molecule has 1 amide bonds. The molecule has 1 fully saturated rings. The zero-order valence-corrected chi connectivity index (χ0v) is 14.1. The molecule has 4 nitrogen and oxygen atoms in total. The number of carbonyl (C=O) groups is 1. The van der Waals surface area contributed by atoms with Crippen LogP contribution in [0, 0.1) is 6.92 Å². The van der Waals surface area contributed by atoms with Crippen LogP contribution in [0.3, 0.4) is 0 Å². The number of aryl methyl sites for hydroxylation is 1. The second-order valence-corrected chi connectivity index (χ2v) is 6.21. The van der Waals surface area contributed by atoms with Crippen molar-refractivity contribution >= 4 is 12.0 Å². The highest BCUT2D eigenvalue weighted by atomic mass is 16.2. The van der Waals surface area contributed by atoms with Crippen molar-refractivity contribution in [1.82, 2.24) is 14.8 Å². The predicted molar refractivity (Wildman–Crippen MR) is 96.3 cm³/mol. The summed E-state index contributed by atoms with van der Waals surface area (Å²) < 4.78 is 0. The van der Waals surface area contributed by atoms with Gasteiger partial charge in [-0.3, -0.25) is 14.7 Å². The summed E-state index contributed by atoms with van der Waals surface area (Å²) >= 11 is 0. The Labute approximate surface area is 143 Å². The first-order valence-corrected chi connectivity index (χ1v) is 8.35. The van der Waals surface area contributed by atoms with E-state index < -0.39 is 0 Å². The van der Waals surface area contributed by atoms with Gasteiger partial charge >= 0.3 is 0 Å². The smallest absolute Gasteiger partial charge is 0.246 e. The first-order chi connectivity index (χ1) is 11.7. The fourth-order valence-corrected chi connectivity index (χ4v) is 2.94. The Morgan fingerprint density at radius 2 is 2.00 bits per heavy atom. The van der Waals surface area contributed by atoms with Crippen LogP contribution < -0.4 is 0 Å². The first kappa shape index (κ1) is 16.4. The number of rotatable bonds is 4. The highest BCUT2D eigenvalue weighted by Gasteiger charge is 2.19. The summed E-state index contributed by atoms with van der Waals surface area (Å²) in [6.07, 6.45) is 6.96. The lowest BCUT2D eigenvalue weighted by molar-refractivity contribution is -0.127. The lowest BCUT2D eigenvalue weighted by atomic mass is 10.1. The summed E-state index contributed by atoms with van der Waals surface area (Å²) in [7, 11) is 0. The van der Waals surface area contributed by atoms with Crippen LogP contribution in [0.5, 0.6) is 0 Å². The van der Waals surface area contributed by atoms with Crippen molar-refractivity contribution in [3.8, 4) is 0 Å². The molecule has 3 rings (SSSR count). The number of pyridine rings is 1. The summed E-state index contributed by atoms with van der Waals surface area (Å²) in [4.78, 5) is 20.7. The molecule has 1 saturated heterocycles. The number of hydrogen-bond acceptors (Lipinski definition) is 3. The average molecular weight is 321 g/mol. The SMILES string of the molecule is Cc1cccc(CN2CCN(C(=O)/C=C/c3cccnc3)CC2)c1. The largest absolute Gasteiger partial charge is 0.337 e. The molecule has 0 N–H and O–H groups in total. The van der Waals surface area contributed by atoms with E-state index in [-0.39, 0.29) is 5.91 Å². The molecule has 0 unspecified atom stereocenters. The van der Waals surface area contributed by atoms with Gasteiger partial charge in [0.15, 0.2) is 0 Å². The van der Waals surface area contributed by atoms with Crippen molar-refractivity contribution in [1.29, 1.82) is 0 Å². The van der Waals surface area contributed by atoms with E-state index in [0.717, 1.165) is 38.3 Å². The van der Waals surface area contributed by atoms with E-state index in [9.17, 15) is 4.79 Å². The van der Waals surface area contributed by atoms with E-state index >= 15 is 0 Å². The maximum absolute atomic E-state index is 12.3. The Hall–Kier alpha value is -2.46. The molecule has 0 spiro atoms. The molecule has 0 aliphatic carbocycles. The first-order valence-electron chi connectivity index (χ1n) is 8.35. The minimum atomic E-state index is 0.0778. The van der Waals surface area contributed by atoms with Gasteiger partial charge in [-0.2, -0.15) is 0 Å². The predicted octanol–water partition coefficient (Wildman–Crippen LogP) is 2.75. The van der Waals surface area contributed by atoms with Crippen LogP contribution in [0.15, 0.2) is 54.9 Å². The minimum Gasteiger partial charge on any atom is -0.337 e. The normalized spacial score (nSPS) is 15.8. The molecule has 0 bridgehead atoms. The third-order valence-electron chi connectivity index (χ3n) is 4.28. The van der Waals surface area contributed by atoms with Gasteiger partial charge in [0.1, 0.15) is 0 Å². The standard InChI is InChI=1S/C20H23N3O/c1-17-4-2-5-19(14-17)16-22-10-12-23(13-11-22)20(24)8-7-18-6-3-9-21-15-18/h2-9,14-15H,10-13,16H2,1H3/b8-7+. The van der Waals surface area contributed by atoms with Crippen LogP contribution in [0.2, 0.25) is 0 Å².